The van der Waals surface area contributed by atoms with E-state index in [1.807, 2.05) is 30.3 Å². The van der Waals surface area contributed by atoms with Crippen LogP contribution in [0.1, 0.15) is 46.0 Å². The minimum Gasteiger partial charge on any atom is -0.362 e. The molecule has 0 heterocycles. The molecule has 0 amide bonds. The highest BCUT2D eigenvalue weighted by Gasteiger charge is 2.03. The molecule has 0 saturated carbocycles. The molecular formula is C18H31N3S. The quantitative estimate of drug-likeness (QED) is 0.470. The van der Waals surface area contributed by atoms with Gasteiger partial charge < -0.3 is 15.5 Å². The van der Waals surface area contributed by atoms with Crippen LogP contribution in [0.5, 0.6) is 0 Å². The summed E-state index contributed by atoms with van der Waals surface area (Å²) in [6, 6.07) is 10.0. The van der Waals surface area contributed by atoms with Gasteiger partial charge in [0, 0.05) is 12.2 Å². The van der Waals surface area contributed by atoms with Gasteiger partial charge >= 0.3 is 0 Å². The molecule has 0 aromatic heterocycles. The van der Waals surface area contributed by atoms with Gasteiger partial charge in [0.1, 0.15) is 0 Å². The number of unbranched alkanes of at least 4 members (excludes halogenated alkanes) is 2. The molecule has 0 spiro atoms. The molecule has 1 rings (SSSR count). The minimum absolute atomic E-state index is 0.708. The molecular weight excluding hydrogens is 290 g/mol. The van der Waals surface area contributed by atoms with Gasteiger partial charge in [0.15, 0.2) is 5.11 Å². The number of hydrogen-bond donors (Lipinski definition) is 2. The summed E-state index contributed by atoms with van der Waals surface area (Å²) in [6.45, 7) is 9.04. The van der Waals surface area contributed by atoms with Crippen LogP contribution in [0.25, 0.3) is 0 Å². The first-order chi connectivity index (χ1) is 10.8. The lowest BCUT2D eigenvalue weighted by atomic mass is 10.2. The van der Waals surface area contributed by atoms with Crippen LogP contribution < -0.4 is 10.6 Å². The molecule has 0 aliphatic heterocycles. The largest absolute Gasteiger partial charge is 0.362 e. The summed E-state index contributed by atoms with van der Waals surface area (Å²) in [6.07, 6.45) is 6.26. The second kappa shape index (κ2) is 12.4. The first kappa shape index (κ1) is 18.9. The first-order valence-electron chi connectivity index (χ1n) is 8.58. The molecule has 0 aliphatic carbocycles. The van der Waals surface area contributed by atoms with Crippen LogP contribution >= 0.6 is 12.2 Å². The summed E-state index contributed by atoms with van der Waals surface area (Å²) in [4.78, 5) is 2.59. The maximum absolute atomic E-state index is 5.32. The molecule has 1 aromatic rings. The highest BCUT2D eigenvalue weighted by Crippen LogP contribution is 2.04. The average molecular weight is 322 g/mol. The molecule has 0 saturated heterocycles. The fourth-order valence-corrected chi connectivity index (χ4v) is 2.52. The van der Waals surface area contributed by atoms with Crippen LogP contribution in [0.3, 0.4) is 0 Å². The monoisotopic (exact) mass is 321 g/mol. The van der Waals surface area contributed by atoms with Crippen molar-refractivity contribution in [1.29, 1.82) is 0 Å². The van der Waals surface area contributed by atoms with Crippen molar-refractivity contribution in [2.24, 2.45) is 0 Å². The smallest absolute Gasteiger partial charge is 0.170 e. The molecule has 0 unspecified atom stereocenters. The van der Waals surface area contributed by atoms with Gasteiger partial charge in [0.25, 0.3) is 0 Å². The van der Waals surface area contributed by atoms with Gasteiger partial charge in [-0.1, -0.05) is 44.9 Å². The second-order valence-corrected chi connectivity index (χ2v) is 6.06. The normalized spacial score (nSPS) is 10.7. The molecule has 0 fully saturated rings. The third kappa shape index (κ3) is 9.00. The molecule has 0 aliphatic rings. The summed E-state index contributed by atoms with van der Waals surface area (Å²) < 4.78 is 0. The summed E-state index contributed by atoms with van der Waals surface area (Å²) in [5, 5.41) is 7.21. The summed E-state index contributed by atoms with van der Waals surface area (Å²) >= 11 is 5.32. The lowest BCUT2D eigenvalue weighted by molar-refractivity contribution is 0.262. The minimum atomic E-state index is 0.708. The number of para-hydroxylation sites is 1. The van der Waals surface area contributed by atoms with E-state index in [9.17, 15) is 0 Å². The molecule has 124 valence electrons. The van der Waals surface area contributed by atoms with Crippen LogP contribution in [0.2, 0.25) is 0 Å². The molecule has 3 nitrogen and oxygen atoms in total. The second-order valence-electron chi connectivity index (χ2n) is 5.65. The molecule has 1 aromatic carbocycles. The zero-order valence-corrected chi connectivity index (χ0v) is 14.9. The van der Waals surface area contributed by atoms with Crippen LogP contribution in [0.15, 0.2) is 30.3 Å². The third-order valence-electron chi connectivity index (χ3n) is 3.62. The SMILES string of the molecule is CCCCN(CCCC)CCCNC(=S)Nc1ccccc1. The van der Waals surface area contributed by atoms with E-state index in [1.165, 1.54) is 38.8 Å². The first-order valence-corrected chi connectivity index (χ1v) is 8.99. The standard InChI is InChI=1S/C18H31N3S/c1-3-5-14-21(15-6-4-2)16-10-13-19-18(22)20-17-11-8-7-9-12-17/h7-9,11-12H,3-6,10,13-16H2,1-2H3,(H2,19,20,22). The van der Waals surface area contributed by atoms with Crippen molar-refractivity contribution in [2.75, 3.05) is 31.5 Å². The van der Waals surface area contributed by atoms with Crippen molar-refractivity contribution in [2.45, 2.75) is 46.0 Å². The third-order valence-corrected chi connectivity index (χ3v) is 3.87. The predicted molar refractivity (Wildman–Crippen MR) is 102 cm³/mol. The zero-order valence-electron chi connectivity index (χ0n) is 14.1. The van der Waals surface area contributed by atoms with Gasteiger partial charge in [0.05, 0.1) is 0 Å². The van der Waals surface area contributed by atoms with Crippen LogP contribution in [-0.2, 0) is 0 Å². The Morgan fingerprint density at radius 3 is 2.14 bits per heavy atom. The Labute approximate surface area is 141 Å². The summed E-state index contributed by atoms with van der Waals surface area (Å²) in [5.41, 5.74) is 1.03. The van der Waals surface area contributed by atoms with Crippen molar-refractivity contribution < 1.29 is 0 Å². The lowest BCUT2D eigenvalue weighted by Gasteiger charge is -2.22. The number of rotatable bonds is 11. The average Bonchev–Trinajstić information content (AvgIpc) is 2.54. The number of hydrogen-bond acceptors (Lipinski definition) is 2. The van der Waals surface area contributed by atoms with Gasteiger partial charge in [-0.05, 0) is 63.2 Å². The Bertz CT molecular complexity index is 387. The number of thiocarbonyl (C=S) groups is 1. The Morgan fingerprint density at radius 2 is 1.55 bits per heavy atom. The van der Waals surface area contributed by atoms with Crippen molar-refractivity contribution in [3.63, 3.8) is 0 Å². The lowest BCUT2D eigenvalue weighted by Crippen LogP contribution is -2.33. The van der Waals surface area contributed by atoms with E-state index in [1.54, 1.807) is 0 Å². The maximum atomic E-state index is 5.32. The summed E-state index contributed by atoms with van der Waals surface area (Å²) in [5.74, 6) is 0. The van der Waals surface area contributed by atoms with Crippen LogP contribution in [0, 0.1) is 0 Å². The summed E-state index contributed by atoms with van der Waals surface area (Å²) in [7, 11) is 0. The number of nitrogens with one attached hydrogen (secondary N) is 2. The van der Waals surface area contributed by atoms with Gasteiger partial charge in [0.2, 0.25) is 0 Å². The highest BCUT2D eigenvalue weighted by atomic mass is 32.1. The van der Waals surface area contributed by atoms with E-state index in [-0.39, 0.29) is 0 Å². The molecule has 22 heavy (non-hydrogen) atoms. The van der Waals surface area contributed by atoms with Crippen LogP contribution in [-0.4, -0.2) is 36.2 Å². The van der Waals surface area contributed by atoms with E-state index >= 15 is 0 Å². The van der Waals surface area contributed by atoms with Gasteiger partial charge in [-0.25, -0.2) is 0 Å². The fraction of sp³-hybridized carbons (Fsp3) is 0.611. The van der Waals surface area contributed by atoms with Crippen molar-refractivity contribution >= 4 is 23.0 Å². The molecule has 4 heteroatoms. The topological polar surface area (TPSA) is 27.3 Å². The number of nitrogens with zero attached hydrogens (tertiary/aromatic N) is 1. The molecule has 0 radical (unpaired) electrons. The zero-order chi connectivity index (χ0) is 16.0. The molecule has 2 N–H and O–H groups in total. The Morgan fingerprint density at radius 1 is 0.955 bits per heavy atom. The highest BCUT2D eigenvalue weighted by molar-refractivity contribution is 7.80. The van der Waals surface area contributed by atoms with Crippen molar-refractivity contribution in [3.8, 4) is 0 Å². The number of benzene rings is 1. The predicted octanol–water partition coefficient (Wildman–Crippen LogP) is 4.27. The van der Waals surface area contributed by atoms with Gasteiger partial charge in [-0.2, -0.15) is 0 Å². The molecule has 0 atom stereocenters. The molecule has 0 bridgehead atoms. The number of anilines is 1. The maximum Gasteiger partial charge on any atom is 0.170 e. The Hall–Kier alpha value is -1.13. The van der Waals surface area contributed by atoms with Crippen LogP contribution in [0.4, 0.5) is 5.69 Å². The Kier molecular flexibility index (Phi) is 10.7. The Balaban J connectivity index is 2.17. The van der Waals surface area contributed by atoms with Crippen molar-refractivity contribution in [1.82, 2.24) is 10.2 Å². The van der Waals surface area contributed by atoms with E-state index in [0.29, 0.717) is 5.11 Å². The van der Waals surface area contributed by atoms with E-state index in [4.69, 9.17) is 12.2 Å². The van der Waals surface area contributed by atoms with E-state index < -0.39 is 0 Å². The van der Waals surface area contributed by atoms with Gasteiger partial charge in [-0.3, -0.25) is 0 Å². The van der Waals surface area contributed by atoms with Crippen molar-refractivity contribution in [3.05, 3.63) is 30.3 Å². The van der Waals surface area contributed by atoms with E-state index in [0.717, 1.165) is 25.2 Å². The van der Waals surface area contributed by atoms with Gasteiger partial charge in [-0.15, -0.1) is 0 Å². The van der Waals surface area contributed by atoms with E-state index in [2.05, 4.69) is 29.4 Å². The fourth-order valence-electron chi connectivity index (χ4n) is 2.30.